The highest BCUT2D eigenvalue weighted by Gasteiger charge is 2.38. The number of hydrogen-bond acceptors (Lipinski definition) is 5. The summed E-state index contributed by atoms with van der Waals surface area (Å²) >= 11 is 0. The molecule has 9 nitrogen and oxygen atoms in total. The maximum atomic E-state index is 13.8. The van der Waals surface area contributed by atoms with E-state index in [0.29, 0.717) is 12.1 Å². The number of alkyl carbamates (subject to hydrolysis) is 1. The van der Waals surface area contributed by atoms with E-state index in [-0.39, 0.29) is 5.91 Å². The third-order valence-electron chi connectivity index (χ3n) is 5.20. The Labute approximate surface area is 209 Å². The van der Waals surface area contributed by atoms with Gasteiger partial charge in [0.15, 0.2) is 0 Å². The maximum Gasteiger partial charge on any atom is 0.408 e. The van der Waals surface area contributed by atoms with Crippen LogP contribution in [0.2, 0.25) is 0 Å². The minimum absolute atomic E-state index is 0.331. The van der Waals surface area contributed by atoms with Crippen molar-refractivity contribution >= 4 is 23.8 Å². The largest absolute Gasteiger partial charge is 0.444 e. The number of primary amides is 1. The average Bonchev–Trinajstić information content (AvgIpc) is 2.73. The number of nitrogens with two attached hydrogens (primary N) is 1. The molecule has 1 aromatic rings. The molecule has 0 saturated carbocycles. The molecule has 0 aliphatic rings. The average molecular weight is 491 g/mol. The van der Waals surface area contributed by atoms with E-state index >= 15 is 0 Å². The van der Waals surface area contributed by atoms with Crippen molar-refractivity contribution in [2.45, 2.75) is 97.9 Å². The van der Waals surface area contributed by atoms with Crippen LogP contribution in [0.25, 0.3) is 0 Å². The minimum atomic E-state index is -1.29. The minimum Gasteiger partial charge on any atom is -0.444 e. The van der Waals surface area contributed by atoms with E-state index in [2.05, 4.69) is 17.6 Å². The number of unbranched alkanes of at least 4 members (excludes halogenated alkanes) is 2. The Morgan fingerprint density at radius 2 is 1.66 bits per heavy atom. The lowest BCUT2D eigenvalue weighted by atomic mass is 9.99. The van der Waals surface area contributed by atoms with E-state index in [0.717, 1.165) is 24.8 Å². The molecule has 196 valence electrons. The van der Waals surface area contributed by atoms with Crippen LogP contribution in [0.5, 0.6) is 0 Å². The van der Waals surface area contributed by atoms with Gasteiger partial charge in [0, 0.05) is 12.6 Å². The second-order valence-corrected chi connectivity index (χ2v) is 10.0. The zero-order chi connectivity index (χ0) is 26.8. The van der Waals surface area contributed by atoms with Crippen LogP contribution in [-0.2, 0) is 19.1 Å². The molecule has 0 fully saturated rings. The molecule has 0 aliphatic carbocycles. The van der Waals surface area contributed by atoms with Crippen molar-refractivity contribution in [3.05, 3.63) is 35.4 Å². The quantitative estimate of drug-likeness (QED) is 0.387. The smallest absolute Gasteiger partial charge is 0.408 e. The maximum absolute atomic E-state index is 13.8. The molecule has 2 unspecified atom stereocenters. The molecule has 0 saturated heterocycles. The van der Waals surface area contributed by atoms with Crippen LogP contribution in [-0.4, -0.2) is 52.9 Å². The molecule has 4 N–H and O–H groups in total. The Morgan fingerprint density at radius 1 is 1.06 bits per heavy atom. The Morgan fingerprint density at radius 3 is 2.14 bits per heavy atom. The van der Waals surface area contributed by atoms with E-state index in [1.165, 1.54) is 4.90 Å². The first kappa shape index (κ1) is 29.9. The van der Waals surface area contributed by atoms with E-state index in [1.54, 1.807) is 46.8 Å². The molecule has 0 aromatic heterocycles. The van der Waals surface area contributed by atoms with Gasteiger partial charge in [-0.3, -0.25) is 14.4 Å². The second kappa shape index (κ2) is 13.7. The van der Waals surface area contributed by atoms with Crippen molar-refractivity contribution in [2.24, 2.45) is 5.73 Å². The van der Waals surface area contributed by atoms with Gasteiger partial charge in [-0.25, -0.2) is 4.79 Å². The van der Waals surface area contributed by atoms with E-state index in [4.69, 9.17) is 10.5 Å². The van der Waals surface area contributed by atoms with Crippen molar-refractivity contribution in [3.8, 4) is 0 Å². The summed E-state index contributed by atoms with van der Waals surface area (Å²) in [7, 11) is 0. The number of nitrogens with zero attached hydrogens (tertiary/aromatic N) is 1. The van der Waals surface area contributed by atoms with Gasteiger partial charge in [-0.15, -0.1) is 0 Å². The molecule has 1 rings (SSSR count). The lowest BCUT2D eigenvalue weighted by Gasteiger charge is -2.37. The first-order chi connectivity index (χ1) is 16.3. The fourth-order valence-electron chi connectivity index (χ4n) is 3.58. The van der Waals surface area contributed by atoms with Crippen LogP contribution in [0.3, 0.4) is 0 Å². The molecular formula is C26H42N4O5. The zero-order valence-electron chi connectivity index (χ0n) is 22.1. The fourth-order valence-corrected chi connectivity index (χ4v) is 3.58. The van der Waals surface area contributed by atoms with Crippen molar-refractivity contribution < 1.29 is 23.9 Å². The van der Waals surface area contributed by atoms with Gasteiger partial charge in [-0.2, -0.15) is 0 Å². The first-order valence-electron chi connectivity index (χ1n) is 12.2. The van der Waals surface area contributed by atoms with Crippen molar-refractivity contribution in [2.75, 3.05) is 6.54 Å². The molecule has 0 heterocycles. The Bertz CT molecular complexity index is 861. The SMILES string of the molecule is CCCCCNC(=O)C(c1ccc(C)cc1)N(C(=O)C(CC(N)=O)NC(=O)OC(C)(C)C)C(C)C. The number of rotatable bonds is 12. The number of benzene rings is 1. The summed E-state index contributed by atoms with van der Waals surface area (Å²) in [6, 6.07) is 4.68. The van der Waals surface area contributed by atoms with Gasteiger partial charge in [0.05, 0.1) is 6.42 Å². The summed E-state index contributed by atoms with van der Waals surface area (Å²) in [5.41, 5.74) is 6.22. The summed E-state index contributed by atoms with van der Waals surface area (Å²) in [6.45, 7) is 13.1. The molecule has 0 spiro atoms. The topological polar surface area (TPSA) is 131 Å². The van der Waals surface area contributed by atoms with E-state index in [9.17, 15) is 19.2 Å². The lowest BCUT2D eigenvalue weighted by Crippen LogP contribution is -2.56. The van der Waals surface area contributed by atoms with Crippen molar-refractivity contribution in [3.63, 3.8) is 0 Å². The number of aryl methyl sites for hydroxylation is 1. The molecule has 0 bridgehead atoms. The van der Waals surface area contributed by atoms with Gasteiger partial charge in [-0.05, 0) is 53.5 Å². The molecular weight excluding hydrogens is 448 g/mol. The van der Waals surface area contributed by atoms with Gasteiger partial charge in [0.1, 0.15) is 17.7 Å². The standard InChI is InChI=1S/C26H42N4O5/c1-8-9-10-15-28-23(32)22(19-13-11-18(4)12-14-19)30(17(2)3)24(33)20(16-21(27)31)29-25(34)35-26(5,6)7/h11-14,17,20,22H,8-10,15-16H2,1-7H3,(H2,27,31)(H,28,32)(H,29,34). The number of carbonyl (C=O) groups is 4. The van der Waals surface area contributed by atoms with E-state index in [1.807, 2.05) is 19.1 Å². The van der Waals surface area contributed by atoms with Crippen molar-refractivity contribution in [1.82, 2.24) is 15.5 Å². The molecule has 1 aromatic carbocycles. The van der Waals surface area contributed by atoms with Crippen LogP contribution in [0.1, 0.15) is 84.4 Å². The van der Waals surface area contributed by atoms with Gasteiger partial charge in [0.2, 0.25) is 17.7 Å². The number of ether oxygens (including phenoxy) is 1. The molecule has 4 amide bonds. The van der Waals surface area contributed by atoms with Gasteiger partial charge in [-0.1, -0.05) is 49.6 Å². The summed E-state index contributed by atoms with van der Waals surface area (Å²) < 4.78 is 5.27. The number of amides is 4. The predicted molar refractivity (Wildman–Crippen MR) is 135 cm³/mol. The molecule has 9 heteroatoms. The number of hydrogen-bond donors (Lipinski definition) is 3. The summed E-state index contributed by atoms with van der Waals surface area (Å²) in [4.78, 5) is 52.7. The number of carbonyl (C=O) groups excluding carboxylic acids is 4. The third-order valence-corrected chi connectivity index (χ3v) is 5.20. The Hall–Kier alpha value is -3.10. The molecule has 35 heavy (non-hydrogen) atoms. The van der Waals surface area contributed by atoms with Gasteiger partial charge < -0.3 is 26.0 Å². The molecule has 0 radical (unpaired) electrons. The van der Waals surface area contributed by atoms with Crippen LogP contribution < -0.4 is 16.4 Å². The lowest BCUT2D eigenvalue weighted by molar-refractivity contribution is -0.145. The summed E-state index contributed by atoms with van der Waals surface area (Å²) in [5.74, 6) is -1.69. The zero-order valence-corrected chi connectivity index (χ0v) is 22.1. The van der Waals surface area contributed by atoms with Crippen LogP contribution in [0.4, 0.5) is 4.79 Å². The van der Waals surface area contributed by atoms with Crippen molar-refractivity contribution in [1.29, 1.82) is 0 Å². The highest BCUT2D eigenvalue weighted by molar-refractivity contribution is 5.94. The molecule has 2 atom stereocenters. The Balaban J connectivity index is 3.37. The third kappa shape index (κ3) is 10.4. The monoisotopic (exact) mass is 490 g/mol. The van der Waals surface area contributed by atoms with Crippen LogP contribution in [0.15, 0.2) is 24.3 Å². The highest BCUT2D eigenvalue weighted by Crippen LogP contribution is 2.26. The Kier molecular flexibility index (Phi) is 11.7. The first-order valence-corrected chi connectivity index (χ1v) is 12.2. The normalized spacial score (nSPS) is 13.0. The predicted octanol–water partition coefficient (Wildman–Crippen LogP) is 3.35. The van der Waals surface area contributed by atoms with E-state index < -0.39 is 48.1 Å². The van der Waals surface area contributed by atoms with Gasteiger partial charge >= 0.3 is 6.09 Å². The fraction of sp³-hybridized carbons (Fsp3) is 0.615. The second-order valence-electron chi connectivity index (χ2n) is 10.0. The molecule has 0 aliphatic heterocycles. The highest BCUT2D eigenvalue weighted by atomic mass is 16.6. The van der Waals surface area contributed by atoms with Crippen LogP contribution >= 0.6 is 0 Å². The number of nitrogens with one attached hydrogen (secondary N) is 2. The summed E-state index contributed by atoms with van der Waals surface area (Å²) in [6.07, 6.45) is 1.53. The van der Waals surface area contributed by atoms with Gasteiger partial charge in [0.25, 0.3) is 0 Å². The van der Waals surface area contributed by atoms with Crippen LogP contribution in [0, 0.1) is 6.92 Å². The summed E-state index contributed by atoms with van der Waals surface area (Å²) in [5, 5.41) is 5.41.